The number of hydrogen-bond acceptors (Lipinski definition) is 4. The van der Waals surface area contributed by atoms with Crippen LogP contribution in [-0.2, 0) is 4.74 Å². The minimum atomic E-state index is 0.0585. The zero-order chi connectivity index (χ0) is 17.1. The van der Waals surface area contributed by atoms with Crippen molar-refractivity contribution in [2.45, 2.75) is 39.9 Å². The van der Waals surface area contributed by atoms with E-state index in [-0.39, 0.29) is 12.2 Å². The number of aromatic nitrogens is 3. The van der Waals surface area contributed by atoms with Crippen LogP contribution in [0.3, 0.4) is 0 Å². The molecule has 5 heteroatoms. The maximum atomic E-state index is 5.74. The Kier molecular flexibility index (Phi) is 4.81. The summed E-state index contributed by atoms with van der Waals surface area (Å²) in [6.07, 6.45) is 5.65. The highest BCUT2D eigenvalue weighted by Gasteiger charge is 2.13. The summed E-state index contributed by atoms with van der Waals surface area (Å²) in [4.78, 5) is 8.78. The third-order valence-electron chi connectivity index (χ3n) is 3.84. The number of ether oxygens (including phenoxy) is 2. The van der Waals surface area contributed by atoms with Gasteiger partial charge in [-0.25, -0.2) is 9.97 Å². The van der Waals surface area contributed by atoms with Gasteiger partial charge in [-0.3, -0.25) is 4.40 Å². The van der Waals surface area contributed by atoms with Crippen molar-refractivity contribution < 1.29 is 9.47 Å². The fourth-order valence-corrected chi connectivity index (χ4v) is 2.69. The first-order valence-electron chi connectivity index (χ1n) is 8.30. The van der Waals surface area contributed by atoms with Gasteiger partial charge in [-0.15, -0.1) is 0 Å². The van der Waals surface area contributed by atoms with E-state index in [2.05, 4.69) is 41.2 Å². The first kappa shape index (κ1) is 16.5. The molecule has 0 bridgehead atoms. The Bertz CT molecular complexity index is 809. The third kappa shape index (κ3) is 3.26. The van der Waals surface area contributed by atoms with Crippen molar-refractivity contribution in [3.05, 3.63) is 48.4 Å². The molecule has 126 valence electrons. The molecule has 0 aliphatic rings. The highest BCUT2D eigenvalue weighted by molar-refractivity contribution is 5.66. The molecule has 1 atom stereocenters. The predicted octanol–water partition coefficient (Wildman–Crippen LogP) is 4.28. The third-order valence-corrected chi connectivity index (χ3v) is 3.84. The molecule has 24 heavy (non-hydrogen) atoms. The fraction of sp³-hybridized carbons (Fsp3) is 0.368. The molecule has 0 spiro atoms. The lowest BCUT2D eigenvalue weighted by Gasteiger charge is -2.12. The topological polar surface area (TPSA) is 48.7 Å². The van der Waals surface area contributed by atoms with Gasteiger partial charge < -0.3 is 9.47 Å². The van der Waals surface area contributed by atoms with Gasteiger partial charge in [0.05, 0.1) is 24.1 Å². The Hall–Kier alpha value is -2.40. The number of benzene rings is 1. The molecule has 2 aromatic heterocycles. The highest BCUT2D eigenvalue weighted by Crippen LogP contribution is 2.26. The van der Waals surface area contributed by atoms with Gasteiger partial charge in [0, 0.05) is 24.6 Å². The highest BCUT2D eigenvalue weighted by atomic mass is 16.5. The number of hydrogen-bond donors (Lipinski definition) is 0. The molecule has 0 aliphatic heterocycles. The van der Waals surface area contributed by atoms with Gasteiger partial charge in [0.15, 0.2) is 0 Å². The van der Waals surface area contributed by atoms with Crippen LogP contribution in [0.15, 0.2) is 42.9 Å². The van der Waals surface area contributed by atoms with Crippen LogP contribution in [0.4, 0.5) is 0 Å². The second kappa shape index (κ2) is 7.01. The van der Waals surface area contributed by atoms with E-state index in [4.69, 9.17) is 9.47 Å². The van der Waals surface area contributed by atoms with Gasteiger partial charge in [-0.2, -0.15) is 0 Å². The van der Waals surface area contributed by atoms with E-state index in [9.17, 15) is 0 Å². The van der Waals surface area contributed by atoms with Crippen LogP contribution in [0.5, 0.6) is 5.88 Å². The molecule has 3 aromatic rings. The second-order valence-electron chi connectivity index (χ2n) is 5.96. The normalized spacial score (nSPS) is 12.7. The van der Waals surface area contributed by atoms with E-state index in [1.165, 1.54) is 5.56 Å². The lowest BCUT2D eigenvalue weighted by atomic mass is 10.1. The minimum Gasteiger partial charge on any atom is -0.472 e. The summed E-state index contributed by atoms with van der Waals surface area (Å²) in [6.45, 7) is 8.74. The van der Waals surface area contributed by atoms with Crippen LogP contribution in [0.2, 0.25) is 0 Å². The molecular weight excluding hydrogens is 302 g/mol. The van der Waals surface area contributed by atoms with Crippen LogP contribution < -0.4 is 4.74 Å². The van der Waals surface area contributed by atoms with Crippen LogP contribution in [-0.4, -0.2) is 27.1 Å². The van der Waals surface area contributed by atoms with Gasteiger partial charge in [-0.1, -0.05) is 24.3 Å². The largest absolute Gasteiger partial charge is 0.472 e. The van der Waals surface area contributed by atoms with Crippen molar-refractivity contribution in [3.8, 4) is 17.1 Å². The zero-order valence-electron chi connectivity index (χ0n) is 14.6. The van der Waals surface area contributed by atoms with Crippen LogP contribution >= 0.6 is 0 Å². The monoisotopic (exact) mass is 325 g/mol. The molecular formula is C19H23N3O2. The molecule has 1 aromatic carbocycles. The van der Waals surface area contributed by atoms with E-state index in [1.54, 1.807) is 6.20 Å². The summed E-state index contributed by atoms with van der Waals surface area (Å²) in [5, 5.41) is 0. The number of imidazole rings is 1. The Labute approximate surface area is 142 Å². The van der Waals surface area contributed by atoms with E-state index in [1.807, 2.05) is 37.6 Å². The second-order valence-corrected chi connectivity index (χ2v) is 5.96. The maximum absolute atomic E-state index is 5.74. The van der Waals surface area contributed by atoms with Crippen LogP contribution in [0, 0.1) is 0 Å². The van der Waals surface area contributed by atoms with Crippen molar-refractivity contribution in [2.24, 2.45) is 0 Å². The molecule has 0 radical (unpaired) electrons. The van der Waals surface area contributed by atoms with Gasteiger partial charge in [0.1, 0.15) is 0 Å². The lowest BCUT2D eigenvalue weighted by molar-refractivity contribution is 0.0764. The van der Waals surface area contributed by atoms with Crippen LogP contribution in [0.1, 0.15) is 39.4 Å². The Morgan fingerprint density at radius 3 is 2.50 bits per heavy atom. The van der Waals surface area contributed by atoms with E-state index >= 15 is 0 Å². The summed E-state index contributed by atoms with van der Waals surface area (Å²) < 4.78 is 13.4. The molecule has 0 aliphatic carbocycles. The smallest absolute Gasteiger partial charge is 0.258 e. The average Bonchev–Trinajstić information content (AvgIpc) is 3.00. The molecule has 0 saturated carbocycles. The molecule has 2 heterocycles. The Morgan fingerprint density at radius 2 is 1.83 bits per heavy atom. The minimum absolute atomic E-state index is 0.0585. The van der Waals surface area contributed by atoms with Gasteiger partial charge >= 0.3 is 0 Å². The first-order chi connectivity index (χ1) is 11.6. The fourth-order valence-electron chi connectivity index (χ4n) is 2.69. The SMILES string of the molecule is CCOC(C)c1ccc(-c2cnc3c(OC(C)C)nccn23)cc1. The van der Waals surface area contributed by atoms with Crippen molar-refractivity contribution in [1.82, 2.24) is 14.4 Å². The summed E-state index contributed by atoms with van der Waals surface area (Å²) in [5.41, 5.74) is 4.00. The standard InChI is InChI=1S/C19H23N3O2/c1-5-23-14(4)15-6-8-16(9-7-15)17-12-21-18-19(24-13(2)3)20-10-11-22(17)18/h6-14H,5H2,1-4H3. The first-order valence-corrected chi connectivity index (χ1v) is 8.30. The average molecular weight is 325 g/mol. The number of rotatable bonds is 6. The Balaban J connectivity index is 1.95. The van der Waals surface area contributed by atoms with Crippen molar-refractivity contribution in [1.29, 1.82) is 0 Å². The van der Waals surface area contributed by atoms with Crippen molar-refractivity contribution in [2.75, 3.05) is 6.61 Å². The summed E-state index contributed by atoms with van der Waals surface area (Å²) in [6, 6.07) is 8.39. The number of fused-ring (bicyclic) bond motifs is 1. The van der Waals surface area contributed by atoms with Crippen LogP contribution in [0.25, 0.3) is 16.9 Å². The van der Waals surface area contributed by atoms with Gasteiger partial charge in [0.2, 0.25) is 5.65 Å². The maximum Gasteiger partial charge on any atom is 0.258 e. The van der Waals surface area contributed by atoms with E-state index in [0.717, 1.165) is 16.9 Å². The quantitative estimate of drug-likeness (QED) is 0.678. The summed E-state index contributed by atoms with van der Waals surface area (Å²) in [7, 11) is 0. The van der Waals surface area contributed by atoms with Gasteiger partial charge in [-0.05, 0) is 33.3 Å². The molecule has 0 N–H and O–H groups in total. The molecule has 5 nitrogen and oxygen atoms in total. The Morgan fingerprint density at radius 1 is 1.08 bits per heavy atom. The molecule has 0 amide bonds. The lowest BCUT2D eigenvalue weighted by Crippen LogP contribution is -2.08. The molecule has 0 saturated heterocycles. The van der Waals surface area contributed by atoms with Crippen molar-refractivity contribution >= 4 is 5.65 Å². The molecule has 0 fully saturated rings. The van der Waals surface area contributed by atoms with Gasteiger partial charge in [0.25, 0.3) is 5.88 Å². The summed E-state index contributed by atoms with van der Waals surface area (Å²) >= 11 is 0. The van der Waals surface area contributed by atoms with E-state index < -0.39 is 0 Å². The van der Waals surface area contributed by atoms with E-state index in [0.29, 0.717) is 12.5 Å². The number of nitrogens with zero attached hydrogens (tertiary/aromatic N) is 3. The molecule has 1 unspecified atom stereocenters. The summed E-state index contributed by atoms with van der Waals surface area (Å²) in [5.74, 6) is 0.556. The molecule has 3 rings (SSSR count). The van der Waals surface area contributed by atoms with Crippen molar-refractivity contribution in [3.63, 3.8) is 0 Å². The zero-order valence-corrected chi connectivity index (χ0v) is 14.6. The predicted molar refractivity (Wildman–Crippen MR) is 94.2 cm³/mol.